The Balaban J connectivity index is 2.57. The van der Waals surface area contributed by atoms with E-state index in [-0.39, 0.29) is 11.7 Å². The molecule has 0 aliphatic heterocycles. The zero-order valence-corrected chi connectivity index (χ0v) is 12.3. The Morgan fingerprint density at radius 2 is 2.00 bits per heavy atom. The molecule has 0 aliphatic rings. The van der Waals surface area contributed by atoms with Crippen molar-refractivity contribution in [3.05, 3.63) is 29.8 Å². The lowest BCUT2D eigenvalue weighted by Gasteiger charge is -2.27. The summed E-state index contributed by atoms with van der Waals surface area (Å²) in [5.41, 5.74) is 1.09. The molecule has 0 spiro atoms. The molecular weight excluding hydrogens is 240 g/mol. The molecule has 1 aromatic rings. The van der Waals surface area contributed by atoms with Gasteiger partial charge in [0, 0.05) is 26.7 Å². The van der Waals surface area contributed by atoms with Crippen LogP contribution in [0.3, 0.4) is 0 Å². The highest BCUT2D eigenvalue weighted by molar-refractivity contribution is 5.77. The fraction of sp³-hybridized carbons (Fsp3) is 0.533. The maximum absolute atomic E-state index is 11.8. The predicted octanol–water partition coefficient (Wildman–Crippen LogP) is 1.73. The molecule has 0 atom stereocenters. The molecule has 0 fully saturated rings. The molecule has 0 aromatic heterocycles. The lowest BCUT2D eigenvalue weighted by Crippen LogP contribution is -2.41. The van der Waals surface area contributed by atoms with Crippen molar-refractivity contribution < 1.29 is 9.90 Å². The largest absolute Gasteiger partial charge is 0.508 e. The van der Waals surface area contributed by atoms with Gasteiger partial charge in [0.1, 0.15) is 5.75 Å². The average molecular weight is 264 g/mol. The first kappa shape index (κ1) is 15.5. The quantitative estimate of drug-likeness (QED) is 0.851. The third-order valence-electron chi connectivity index (χ3n) is 3.17. The Bertz CT molecular complexity index is 416. The van der Waals surface area contributed by atoms with Crippen LogP contribution in [0, 0.1) is 0 Å². The molecule has 4 nitrogen and oxygen atoms in total. The number of phenolic OH excluding ortho intramolecular Hbond substituents is 1. The lowest BCUT2D eigenvalue weighted by molar-refractivity contribution is -0.130. The van der Waals surface area contributed by atoms with Crippen LogP contribution in [0.1, 0.15) is 19.4 Å². The van der Waals surface area contributed by atoms with E-state index in [1.165, 1.54) is 0 Å². The molecule has 0 unspecified atom stereocenters. The highest BCUT2D eigenvalue weighted by Crippen LogP contribution is 2.12. The summed E-state index contributed by atoms with van der Waals surface area (Å²) in [6.07, 6.45) is 0.827. The van der Waals surface area contributed by atoms with Crippen molar-refractivity contribution in [3.8, 4) is 5.75 Å². The first-order valence-electron chi connectivity index (χ1n) is 6.62. The predicted molar refractivity (Wildman–Crippen MR) is 77.2 cm³/mol. The van der Waals surface area contributed by atoms with Crippen molar-refractivity contribution in [1.29, 1.82) is 0 Å². The first-order chi connectivity index (χ1) is 8.90. The van der Waals surface area contributed by atoms with Gasteiger partial charge in [-0.15, -0.1) is 0 Å². The Morgan fingerprint density at radius 1 is 1.32 bits per heavy atom. The Kier molecular flexibility index (Phi) is 5.83. The van der Waals surface area contributed by atoms with Crippen molar-refractivity contribution >= 4 is 5.91 Å². The van der Waals surface area contributed by atoms with Crippen molar-refractivity contribution in [3.63, 3.8) is 0 Å². The van der Waals surface area contributed by atoms with Gasteiger partial charge in [0.2, 0.25) is 5.91 Å². The SMILES string of the molecule is CC(C)N(CCc1cccc(O)c1)CC(=O)N(C)C. The van der Waals surface area contributed by atoms with E-state index in [1.54, 1.807) is 31.1 Å². The van der Waals surface area contributed by atoms with Crippen LogP contribution in [0.5, 0.6) is 5.75 Å². The standard InChI is InChI=1S/C15H24N2O2/c1-12(2)17(11-15(19)16(3)4)9-8-13-6-5-7-14(18)10-13/h5-7,10,12,18H,8-9,11H2,1-4H3. The van der Waals surface area contributed by atoms with E-state index >= 15 is 0 Å². The van der Waals surface area contributed by atoms with E-state index in [9.17, 15) is 9.90 Å². The van der Waals surface area contributed by atoms with Gasteiger partial charge < -0.3 is 10.0 Å². The normalized spacial score (nSPS) is 11.1. The Morgan fingerprint density at radius 3 is 2.53 bits per heavy atom. The van der Waals surface area contributed by atoms with E-state index in [0.717, 1.165) is 18.5 Å². The number of carbonyl (C=O) groups is 1. The number of likely N-dealkylation sites (N-methyl/N-ethyl adjacent to an activating group) is 1. The van der Waals surface area contributed by atoms with Crippen LogP contribution in [-0.2, 0) is 11.2 Å². The minimum Gasteiger partial charge on any atom is -0.508 e. The third-order valence-corrected chi connectivity index (χ3v) is 3.17. The van der Waals surface area contributed by atoms with Crippen LogP contribution in [0.15, 0.2) is 24.3 Å². The van der Waals surface area contributed by atoms with Gasteiger partial charge >= 0.3 is 0 Å². The van der Waals surface area contributed by atoms with Crippen molar-refractivity contribution in [1.82, 2.24) is 9.80 Å². The van der Waals surface area contributed by atoms with Crippen molar-refractivity contribution in [2.75, 3.05) is 27.2 Å². The monoisotopic (exact) mass is 264 g/mol. The van der Waals surface area contributed by atoms with E-state index in [4.69, 9.17) is 0 Å². The second kappa shape index (κ2) is 7.14. The molecule has 1 aromatic carbocycles. The summed E-state index contributed by atoms with van der Waals surface area (Å²) in [5, 5.41) is 9.43. The van der Waals surface area contributed by atoms with Crippen LogP contribution < -0.4 is 0 Å². The minimum atomic E-state index is 0.115. The van der Waals surface area contributed by atoms with Gasteiger partial charge in [-0.2, -0.15) is 0 Å². The smallest absolute Gasteiger partial charge is 0.236 e. The van der Waals surface area contributed by atoms with Crippen LogP contribution in [0.4, 0.5) is 0 Å². The summed E-state index contributed by atoms with van der Waals surface area (Å²) in [6.45, 7) is 5.42. The maximum atomic E-state index is 11.8. The van der Waals surface area contributed by atoms with Gasteiger partial charge in [-0.05, 0) is 38.0 Å². The summed E-state index contributed by atoms with van der Waals surface area (Å²) in [7, 11) is 3.55. The number of nitrogens with zero attached hydrogens (tertiary/aromatic N) is 2. The molecule has 0 heterocycles. The van der Waals surface area contributed by atoms with Crippen LogP contribution in [-0.4, -0.2) is 54.0 Å². The molecule has 0 bridgehead atoms. The van der Waals surface area contributed by atoms with Crippen molar-refractivity contribution in [2.45, 2.75) is 26.3 Å². The van der Waals surface area contributed by atoms with Gasteiger partial charge in [0.25, 0.3) is 0 Å². The number of hydrogen-bond donors (Lipinski definition) is 1. The van der Waals surface area contributed by atoms with E-state index in [1.807, 2.05) is 12.1 Å². The van der Waals surface area contributed by atoms with E-state index < -0.39 is 0 Å². The van der Waals surface area contributed by atoms with E-state index in [2.05, 4.69) is 18.7 Å². The molecule has 1 N–H and O–H groups in total. The number of aromatic hydroxyl groups is 1. The summed E-state index contributed by atoms with van der Waals surface area (Å²) in [6, 6.07) is 7.59. The van der Waals surface area contributed by atoms with Crippen LogP contribution in [0.2, 0.25) is 0 Å². The molecule has 4 heteroatoms. The van der Waals surface area contributed by atoms with Gasteiger partial charge in [0.05, 0.1) is 6.54 Å². The second-order valence-electron chi connectivity index (χ2n) is 5.27. The number of phenols is 1. The number of benzene rings is 1. The molecule has 0 aliphatic carbocycles. The third kappa shape index (κ3) is 5.30. The zero-order valence-electron chi connectivity index (χ0n) is 12.3. The molecule has 0 saturated carbocycles. The van der Waals surface area contributed by atoms with Crippen LogP contribution >= 0.6 is 0 Å². The van der Waals surface area contributed by atoms with Gasteiger partial charge in [-0.25, -0.2) is 0 Å². The lowest BCUT2D eigenvalue weighted by atomic mass is 10.1. The summed E-state index contributed by atoms with van der Waals surface area (Å²) in [4.78, 5) is 15.5. The van der Waals surface area contributed by atoms with Gasteiger partial charge in [0.15, 0.2) is 0 Å². The number of hydrogen-bond acceptors (Lipinski definition) is 3. The summed E-state index contributed by atoms with van der Waals surface area (Å²) >= 11 is 0. The number of amides is 1. The summed E-state index contributed by atoms with van der Waals surface area (Å²) in [5.74, 6) is 0.405. The molecule has 1 rings (SSSR count). The molecule has 19 heavy (non-hydrogen) atoms. The molecular formula is C15H24N2O2. The Hall–Kier alpha value is -1.55. The fourth-order valence-corrected chi connectivity index (χ4v) is 1.82. The summed E-state index contributed by atoms with van der Waals surface area (Å²) < 4.78 is 0. The highest BCUT2D eigenvalue weighted by Gasteiger charge is 2.15. The van der Waals surface area contributed by atoms with E-state index in [0.29, 0.717) is 12.6 Å². The molecule has 0 radical (unpaired) electrons. The molecule has 106 valence electrons. The molecule has 1 amide bonds. The average Bonchev–Trinajstić information content (AvgIpc) is 2.33. The Labute approximate surface area is 115 Å². The minimum absolute atomic E-state index is 0.115. The highest BCUT2D eigenvalue weighted by atomic mass is 16.3. The zero-order chi connectivity index (χ0) is 14.4. The first-order valence-corrected chi connectivity index (χ1v) is 6.62. The van der Waals surface area contributed by atoms with Crippen LogP contribution in [0.25, 0.3) is 0 Å². The number of carbonyl (C=O) groups excluding carboxylic acids is 1. The van der Waals surface area contributed by atoms with Gasteiger partial charge in [-0.1, -0.05) is 12.1 Å². The molecule has 0 saturated heterocycles. The second-order valence-corrected chi connectivity index (χ2v) is 5.27. The van der Waals surface area contributed by atoms with Crippen molar-refractivity contribution in [2.24, 2.45) is 0 Å². The number of rotatable bonds is 6. The fourth-order valence-electron chi connectivity index (χ4n) is 1.82. The maximum Gasteiger partial charge on any atom is 0.236 e. The van der Waals surface area contributed by atoms with Gasteiger partial charge in [-0.3, -0.25) is 9.69 Å². The topological polar surface area (TPSA) is 43.8 Å².